The summed E-state index contributed by atoms with van der Waals surface area (Å²) in [4.78, 5) is 12.1. The molecule has 18 heavy (non-hydrogen) atoms. The molecule has 102 valence electrons. The fourth-order valence-corrected chi connectivity index (χ4v) is 4.93. The highest BCUT2D eigenvalue weighted by Crippen LogP contribution is 2.58. The van der Waals surface area contributed by atoms with Gasteiger partial charge in [-0.05, 0) is 55.3 Å². The Balaban J connectivity index is 1.61. The van der Waals surface area contributed by atoms with E-state index < -0.39 is 0 Å². The molecule has 2 bridgehead atoms. The van der Waals surface area contributed by atoms with E-state index in [-0.39, 0.29) is 10.7 Å². The molecule has 3 saturated carbocycles. The Hall–Kier alpha value is -0.0500. The van der Waals surface area contributed by atoms with E-state index in [1.54, 1.807) is 0 Å². The standard InChI is InChI=1S/C15H24BrNO/c1-8(2)14(16)15(18)17-13-7-9-6-12(13)11-5-3-4-10(9)11/h8-14H,3-7H2,1-2H3,(H,17,18). The summed E-state index contributed by atoms with van der Waals surface area (Å²) in [5, 5.41) is 3.32. The molecule has 1 amide bonds. The number of rotatable bonds is 3. The SMILES string of the molecule is CC(C)C(Br)C(=O)NC1CC2CC1C1CCCC21. The first-order valence-electron chi connectivity index (χ1n) is 7.52. The predicted molar refractivity (Wildman–Crippen MR) is 76.5 cm³/mol. The molecule has 6 atom stereocenters. The Kier molecular flexibility index (Phi) is 3.46. The first-order chi connectivity index (χ1) is 8.58. The molecule has 3 aliphatic rings. The van der Waals surface area contributed by atoms with E-state index >= 15 is 0 Å². The van der Waals surface area contributed by atoms with Crippen molar-refractivity contribution >= 4 is 21.8 Å². The largest absolute Gasteiger partial charge is 0.352 e. The maximum Gasteiger partial charge on any atom is 0.234 e. The number of alkyl halides is 1. The van der Waals surface area contributed by atoms with Gasteiger partial charge in [0.2, 0.25) is 5.91 Å². The minimum atomic E-state index is -0.0315. The van der Waals surface area contributed by atoms with Crippen molar-refractivity contribution in [3.63, 3.8) is 0 Å². The summed E-state index contributed by atoms with van der Waals surface area (Å²) in [5.41, 5.74) is 0. The zero-order valence-electron chi connectivity index (χ0n) is 11.4. The van der Waals surface area contributed by atoms with Gasteiger partial charge in [0.25, 0.3) is 0 Å². The molecule has 0 radical (unpaired) electrons. The number of carbonyl (C=O) groups is 1. The molecule has 0 heterocycles. The number of fused-ring (bicyclic) bond motifs is 5. The maximum atomic E-state index is 12.2. The summed E-state index contributed by atoms with van der Waals surface area (Å²) in [6.07, 6.45) is 6.93. The van der Waals surface area contributed by atoms with Gasteiger partial charge in [0, 0.05) is 6.04 Å². The topological polar surface area (TPSA) is 29.1 Å². The molecule has 0 aromatic rings. The van der Waals surface area contributed by atoms with E-state index in [4.69, 9.17) is 0 Å². The van der Waals surface area contributed by atoms with Gasteiger partial charge in [0.15, 0.2) is 0 Å². The first kappa shape index (κ1) is 13.0. The third-order valence-corrected chi connectivity index (χ3v) is 7.07. The highest BCUT2D eigenvalue weighted by Gasteiger charge is 2.54. The number of amides is 1. The van der Waals surface area contributed by atoms with E-state index in [1.165, 1.54) is 32.1 Å². The predicted octanol–water partition coefficient (Wildman–Crippen LogP) is 3.35. The zero-order chi connectivity index (χ0) is 12.9. The molecule has 0 aromatic heterocycles. The van der Waals surface area contributed by atoms with Crippen LogP contribution in [-0.2, 0) is 4.79 Å². The van der Waals surface area contributed by atoms with Crippen LogP contribution in [0.25, 0.3) is 0 Å². The second-order valence-corrected chi connectivity index (χ2v) is 7.90. The van der Waals surface area contributed by atoms with Crippen LogP contribution >= 0.6 is 15.9 Å². The summed E-state index contributed by atoms with van der Waals surface area (Å²) >= 11 is 3.51. The molecule has 3 aliphatic carbocycles. The van der Waals surface area contributed by atoms with Crippen molar-refractivity contribution in [3.8, 4) is 0 Å². The molecule has 2 nitrogen and oxygen atoms in total. The zero-order valence-corrected chi connectivity index (χ0v) is 12.9. The van der Waals surface area contributed by atoms with Gasteiger partial charge in [-0.15, -0.1) is 0 Å². The van der Waals surface area contributed by atoms with Crippen LogP contribution in [0, 0.1) is 29.6 Å². The number of hydrogen-bond acceptors (Lipinski definition) is 1. The van der Waals surface area contributed by atoms with Crippen LogP contribution in [0.15, 0.2) is 0 Å². The molecule has 3 fully saturated rings. The van der Waals surface area contributed by atoms with E-state index in [0.29, 0.717) is 12.0 Å². The van der Waals surface area contributed by atoms with Gasteiger partial charge in [-0.2, -0.15) is 0 Å². The number of hydrogen-bond donors (Lipinski definition) is 1. The van der Waals surface area contributed by atoms with Crippen molar-refractivity contribution in [2.75, 3.05) is 0 Å². The van der Waals surface area contributed by atoms with Crippen LogP contribution in [-0.4, -0.2) is 16.8 Å². The maximum absolute atomic E-state index is 12.2. The van der Waals surface area contributed by atoms with Crippen LogP contribution in [0.2, 0.25) is 0 Å². The Morgan fingerprint density at radius 1 is 1.17 bits per heavy atom. The quantitative estimate of drug-likeness (QED) is 0.795. The van der Waals surface area contributed by atoms with Crippen molar-refractivity contribution in [2.24, 2.45) is 29.6 Å². The van der Waals surface area contributed by atoms with Gasteiger partial charge in [0.1, 0.15) is 0 Å². The van der Waals surface area contributed by atoms with Crippen LogP contribution in [0.4, 0.5) is 0 Å². The lowest BCUT2D eigenvalue weighted by Gasteiger charge is -2.32. The molecule has 0 aliphatic heterocycles. The van der Waals surface area contributed by atoms with Crippen molar-refractivity contribution in [1.29, 1.82) is 0 Å². The molecule has 0 aromatic carbocycles. The van der Waals surface area contributed by atoms with Crippen LogP contribution < -0.4 is 5.32 Å². The van der Waals surface area contributed by atoms with Crippen molar-refractivity contribution in [1.82, 2.24) is 5.32 Å². The fraction of sp³-hybridized carbons (Fsp3) is 0.933. The Morgan fingerprint density at radius 3 is 2.61 bits per heavy atom. The summed E-state index contributed by atoms with van der Waals surface area (Å²) in [7, 11) is 0. The average Bonchev–Trinajstić information content (AvgIpc) is 2.98. The van der Waals surface area contributed by atoms with Crippen molar-refractivity contribution in [3.05, 3.63) is 0 Å². The second-order valence-electron chi connectivity index (χ2n) is 6.91. The Bertz CT molecular complexity index is 343. The van der Waals surface area contributed by atoms with Gasteiger partial charge in [0.05, 0.1) is 4.83 Å². The summed E-state index contributed by atoms with van der Waals surface area (Å²) < 4.78 is 0. The molecular weight excluding hydrogens is 290 g/mol. The van der Waals surface area contributed by atoms with Gasteiger partial charge < -0.3 is 5.32 Å². The minimum absolute atomic E-state index is 0.0315. The monoisotopic (exact) mass is 313 g/mol. The Labute approximate surface area is 118 Å². The van der Waals surface area contributed by atoms with E-state index in [9.17, 15) is 4.79 Å². The van der Waals surface area contributed by atoms with Crippen LogP contribution in [0.1, 0.15) is 46.0 Å². The van der Waals surface area contributed by atoms with Crippen molar-refractivity contribution in [2.45, 2.75) is 56.8 Å². The fourth-order valence-electron chi connectivity index (χ4n) is 4.80. The van der Waals surface area contributed by atoms with E-state index in [1.807, 2.05) is 0 Å². The van der Waals surface area contributed by atoms with Gasteiger partial charge in [-0.25, -0.2) is 0 Å². The third-order valence-electron chi connectivity index (χ3n) is 5.59. The number of carbonyl (C=O) groups excluding carboxylic acids is 1. The lowest BCUT2D eigenvalue weighted by Crippen LogP contribution is -2.46. The van der Waals surface area contributed by atoms with Crippen LogP contribution in [0.3, 0.4) is 0 Å². The summed E-state index contributed by atoms with van der Waals surface area (Å²) in [6, 6.07) is 0.473. The summed E-state index contributed by atoms with van der Waals surface area (Å²) in [5.74, 6) is 4.22. The highest BCUT2D eigenvalue weighted by molar-refractivity contribution is 9.10. The minimum Gasteiger partial charge on any atom is -0.352 e. The number of halogens is 1. The molecule has 3 rings (SSSR count). The van der Waals surface area contributed by atoms with Gasteiger partial charge in [-0.1, -0.05) is 36.2 Å². The highest BCUT2D eigenvalue weighted by atomic mass is 79.9. The molecule has 1 N–H and O–H groups in total. The molecule has 0 saturated heterocycles. The van der Waals surface area contributed by atoms with Gasteiger partial charge in [-0.3, -0.25) is 4.79 Å². The first-order valence-corrected chi connectivity index (χ1v) is 8.44. The average molecular weight is 314 g/mol. The molecule has 3 heteroatoms. The third kappa shape index (κ3) is 2.03. The van der Waals surface area contributed by atoms with Gasteiger partial charge >= 0.3 is 0 Å². The molecular formula is C15H24BrNO. The van der Waals surface area contributed by atoms with Crippen molar-refractivity contribution < 1.29 is 4.79 Å². The van der Waals surface area contributed by atoms with Crippen LogP contribution in [0.5, 0.6) is 0 Å². The van der Waals surface area contributed by atoms with E-state index in [0.717, 1.165) is 23.7 Å². The lowest BCUT2D eigenvalue weighted by atomic mass is 9.79. The number of nitrogens with one attached hydrogen (secondary N) is 1. The summed E-state index contributed by atoms with van der Waals surface area (Å²) in [6.45, 7) is 4.18. The normalized spacial score (nSPS) is 43.2. The Morgan fingerprint density at radius 2 is 1.89 bits per heavy atom. The second kappa shape index (κ2) is 4.81. The lowest BCUT2D eigenvalue weighted by molar-refractivity contribution is -0.122. The van der Waals surface area contributed by atoms with E-state index in [2.05, 4.69) is 35.1 Å². The molecule has 0 spiro atoms. The molecule has 6 unspecified atom stereocenters. The smallest absolute Gasteiger partial charge is 0.234 e.